The van der Waals surface area contributed by atoms with Gasteiger partial charge in [-0.2, -0.15) is 8.42 Å². The number of fused-ring (bicyclic) bond motifs is 2. The second-order valence-corrected chi connectivity index (χ2v) is 21.6. The van der Waals surface area contributed by atoms with Crippen molar-refractivity contribution in [1.29, 1.82) is 0 Å². The first kappa shape index (κ1) is 65.7. The molecule has 0 saturated carbocycles. The zero-order valence-corrected chi connectivity index (χ0v) is 45.3. The summed E-state index contributed by atoms with van der Waals surface area (Å²) in [5, 5.41) is 99.8. The van der Waals surface area contributed by atoms with Gasteiger partial charge in [-0.05, 0) is 37.5 Å². The van der Waals surface area contributed by atoms with Crippen molar-refractivity contribution in [2.45, 2.75) is 215 Å². The SMILES string of the molecule is CCCCCCCCCCCCCCCC(=O)NC1CC(O)C(O)NC(=O)C2C(O)CCN2C(=O)C(C(O)CC(N)=O)NC(=O)C(C(O)Cc2ccc(OS(=O)(=O)O)c(O)c2)NC(=O)C2CC(O)CN2C(=O)C(C(C)O)NC1=O. The minimum absolute atomic E-state index is 0.0927. The second-order valence-electron chi connectivity index (χ2n) is 20.6. The van der Waals surface area contributed by atoms with Crippen LogP contribution in [-0.4, -0.2) is 203 Å². The second kappa shape index (κ2) is 31.3. The lowest BCUT2D eigenvalue weighted by Gasteiger charge is -2.34. The number of phenols is 1. The molecular formula is C50H80N8O20S. The molecule has 0 aromatic heterocycles. The molecule has 13 atom stereocenters. The van der Waals surface area contributed by atoms with E-state index in [2.05, 4.69) is 32.4 Å². The smallest absolute Gasteiger partial charge is 0.446 e. The number of hydrogen-bond acceptors (Lipinski definition) is 19. The summed E-state index contributed by atoms with van der Waals surface area (Å²) in [7, 11) is -5.13. The van der Waals surface area contributed by atoms with Crippen LogP contribution in [0.1, 0.15) is 135 Å². The summed E-state index contributed by atoms with van der Waals surface area (Å²) in [6.45, 7) is 2.18. The number of unbranched alkanes of at least 4 members (excludes halogenated alkanes) is 12. The van der Waals surface area contributed by atoms with E-state index < -0.39 is 187 Å². The fourth-order valence-corrected chi connectivity index (χ4v) is 10.2. The number of aliphatic hydroxyl groups is 7. The van der Waals surface area contributed by atoms with Crippen molar-refractivity contribution in [2.24, 2.45) is 5.73 Å². The van der Waals surface area contributed by atoms with Gasteiger partial charge < -0.3 is 87.2 Å². The molecule has 0 bridgehead atoms. The van der Waals surface area contributed by atoms with Crippen molar-refractivity contribution in [1.82, 2.24) is 36.4 Å². The number of primary amides is 1. The molecule has 3 aliphatic heterocycles. The van der Waals surface area contributed by atoms with Crippen molar-refractivity contribution >= 4 is 57.7 Å². The van der Waals surface area contributed by atoms with Crippen LogP contribution in [-0.2, 0) is 55.2 Å². The maximum atomic E-state index is 14.4. The largest absolute Gasteiger partial charge is 0.504 e. The van der Waals surface area contributed by atoms with Crippen LogP contribution in [0.4, 0.5) is 0 Å². The molecule has 446 valence electrons. The van der Waals surface area contributed by atoms with Crippen LogP contribution in [0.15, 0.2) is 18.2 Å². The standard InChI is InChI=1S/C50H80N8O20S/c1-3-4-5-6-7-8-9-10-11-12-13-14-15-16-39(67)52-30-24-36(65)46(70)56-48(72)43-32(61)19-20-57(43)50(74)42(35(64)25-38(51)66)55-47(71)41(34(63)22-28-17-18-37(33(62)21-28)78-79(75,76)77)54-45(69)31-23-29(60)26-58(31)49(73)40(27(2)59)53-44(30)68/h17-18,21,27,29-32,34-36,40-43,46,59-65,70H,3-16,19-20,22-26H2,1-2H3,(H2,51,66)(H,52,67)(H,53,68)(H,54,69)(H,55,71)(H,56,72)(H,75,76,77). The van der Waals surface area contributed by atoms with Crippen LogP contribution in [0.3, 0.4) is 0 Å². The predicted octanol–water partition coefficient (Wildman–Crippen LogP) is -3.36. The number of carbonyl (C=O) groups is 8. The molecule has 3 heterocycles. The van der Waals surface area contributed by atoms with Gasteiger partial charge in [-0.15, -0.1) is 0 Å². The van der Waals surface area contributed by atoms with Crippen LogP contribution in [0.2, 0.25) is 0 Å². The molecule has 0 spiro atoms. The van der Waals surface area contributed by atoms with Crippen LogP contribution in [0.5, 0.6) is 11.5 Å². The highest BCUT2D eigenvalue weighted by Gasteiger charge is 2.48. The Morgan fingerprint density at radius 1 is 0.734 bits per heavy atom. The molecule has 0 aliphatic carbocycles. The summed E-state index contributed by atoms with van der Waals surface area (Å²) in [5.74, 6) is -11.4. The third-order valence-electron chi connectivity index (χ3n) is 14.1. The van der Waals surface area contributed by atoms with Gasteiger partial charge in [0, 0.05) is 38.8 Å². The number of aliphatic hydroxyl groups excluding tert-OH is 7. The van der Waals surface area contributed by atoms with E-state index in [1.807, 2.05) is 5.32 Å². The number of hydrogen-bond donors (Lipinski definition) is 15. The van der Waals surface area contributed by atoms with Gasteiger partial charge in [-0.3, -0.25) is 42.9 Å². The minimum Gasteiger partial charge on any atom is -0.504 e. The molecule has 79 heavy (non-hydrogen) atoms. The summed E-state index contributed by atoms with van der Waals surface area (Å²) >= 11 is 0. The number of benzene rings is 1. The number of nitrogens with one attached hydrogen (secondary N) is 5. The number of nitrogens with zero attached hydrogens (tertiary/aromatic N) is 2. The molecule has 13 unspecified atom stereocenters. The molecule has 0 radical (unpaired) electrons. The van der Waals surface area contributed by atoms with E-state index in [-0.39, 0.29) is 18.4 Å². The number of aromatic hydroxyl groups is 1. The molecule has 28 nitrogen and oxygen atoms in total. The van der Waals surface area contributed by atoms with E-state index in [1.54, 1.807) is 0 Å². The Bertz CT molecular complexity index is 2370. The molecule has 3 saturated heterocycles. The molecule has 3 aliphatic rings. The topological polar surface area (TPSA) is 455 Å². The third kappa shape index (κ3) is 20.4. The molecule has 16 N–H and O–H groups in total. The minimum atomic E-state index is -5.13. The molecule has 29 heteroatoms. The zero-order chi connectivity index (χ0) is 58.7. The number of amides is 8. The van der Waals surface area contributed by atoms with Crippen molar-refractivity contribution < 1.29 is 96.4 Å². The van der Waals surface area contributed by atoms with E-state index in [0.29, 0.717) is 17.7 Å². The zero-order valence-electron chi connectivity index (χ0n) is 44.5. The van der Waals surface area contributed by atoms with Crippen molar-refractivity contribution in [2.75, 3.05) is 13.1 Å². The van der Waals surface area contributed by atoms with Crippen LogP contribution in [0.25, 0.3) is 0 Å². The van der Waals surface area contributed by atoms with Gasteiger partial charge in [0.2, 0.25) is 47.3 Å². The van der Waals surface area contributed by atoms with E-state index in [1.165, 1.54) is 38.5 Å². The average molecular weight is 1150 g/mol. The van der Waals surface area contributed by atoms with E-state index in [4.69, 9.17) is 10.3 Å². The van der Waals surface area contributed by atoms with Crippen molar-refractivity contribution in [3.05, 3.63) is 23.8 Å². The fraction of sp³-hybridized carbons (Fsp3) is 0.720. The van der Waals surface area contributed by atoms with Crippen LogP contribution >= 0.6 is 0 Å². The number of rotatable bonds is 24. The molecule has 1 aromatic rings. The normalized spacial score (nSPS) is 27.1. The van der Waals surface area contributed by atoms with E-state index in [9.17, 15) is 87.6 Å². The summed E-state index contributed by atoms with van der Waals surface area (Å²) in [6, 6.07) is -9.24. The number of phenolic OH excluding ortho intramolecular Hbond substituents is 1. The fourth-order valence-electron chi connectivity index (χ4n) is 9.85. The summed E-state index contributed by atoms with van der Waals surface area (Å²) in [4.78, 5) is 113. The lowest BCUT2D eigenvalue weighted by atomic mass is 9.98. The maximum absolute atomic E-state index is 14.4. The van der Waals surface area contributed by atoms with Crippen molar-refractivity contribution in [3.8, 4) is 11.5 Å². The summed E-state index contributed by atoms with van der Waals surface area (Å²) < 4.78 is 36.0. The molecule has 8 amide bonds. The van der Waals surface area contributed by atoms with Gasteiger partial charge >= 0.3 is 10.4 Å². The summed E-state index contributed by atoms with van der Waals surface area (Å²) in [5.41, 5.74) is 5.23. The first-order valence-electron chi connectivity index (χ1n) is 26.9. The Labute approximate surface area is 458 Å². The molecule has 1 aromatic carbocycles. The van der Waals surface area contributed by atoms with E-state index >= 15 is 0 Å². The van der Waals surface area contributed by atoms with E-state index in [0.717, 1.165) is 62.1 Å². The number of nitrogens with two attached hydrogens (primary N) is 1. The quantitative estimate of drug-likeness (QED) is 0.0355. The first-order valence-corrected chi connectivity index (χ1v) is 28.2. The predicted molar refractivity (Wildman–Crippen MR) is 277 cm³/mol. The Morgan fingerprint density at radius 2 is 1.30 bits per heavy atom. The third-order valence-corrected chi connectivity index (χ3v) is 14.5. The van der Waals surface area contributed by atoms with Gasteiger partial charge in [-0.1, -0.05) is 90.0 Å². The van der Waals surface area contributed by atoms with Gasteiger partial charge in [0.1, 0.15) is 42.4 Å². The lowest BCUT2D eigenvalue weighted by Crippen LogP contribution is -2.64. The Morgan fingerprint density at radius 3 is 1.87 bits per heavy atom. The van der Waals surface area contributed by atoms with Crippen molar-refractivity contribution in [3.63, 3.8) is 0 Å². The molecule has 4 rings (SSSR count). The highest BCUT2D eigenvalue weighted by Crippen LogP contribution is 2.29. The first-order chi connectivity index (χ1) is 37.2. The monoisotopic (exact) mass is 1140 g/mol. The van der Waals surface area contributed by atoms with Gasteiger partial charge in [0.05, 0.1) is 36.9 Å². The lowest BCUT2D eigenvalue weighted by molar-refractivity contribution is -0.148. The van der Waals surface area contributed by atoms with Crippen LogP contribution < -0.4 is 36.5 Å². The Hall–Kier alpha value is -5.79. The van der Waals surface area contributed by atoms with Gasteiger partial charge in [0.25, 0.3) is 0 Å². The maximum Gasteiger partial charge on any atom is 0.446 e. The molecular weight excluding hydrogens is 1060 g/mol. The Kier molecular flexibility index (Phi) is 26.0. The number of carbonyl (C=O) groups excluding carboxylic acids is 8. The highest BCUT2D eigenvalue weighted by atomic mass is 32.3. The highest BCUT2D eigenvalue weighted by molar-refractivity contribution is 7.81. The van der Waals surface area contributed by atoms with Crippen LogP contribution in [0, 0.1) is 0 Å². The van der Waals surface area contributed by atoms with Gasteiger partial charge in [-0.25, -0.2) is 0 Å². The average Bonchev–Trinajstić information content (AvgIpc) is 3.97. The Balaban J connectivity index is 1.69. The summed E-state index contributed by atoms with van der Waals surface area (Å²) in [6.07, 6.45) is -3.84. The molecule has 3 fully saturated rings. The van der Waals surface area contributed by atoms with Gasteiger partial charge in [0.15, 0.2) is 17.7 Å².